The molecule has 2 aliphatic rings. The Morgan fingerprint density at radius 2 is 1.79 bits per heavy atom. The molecule has 5 nitrogen and oxygen atoms in total. The Morgan fingerprint density at radius 3 is 2.42 bits per heavy atom. The summed E-state index contributed by atoms with van der Waals surface area (Å²) in [6.07, 6.45) is 7.46. The molecule has 0 aromatic rings. The van der Waals surface area contributed by atoms with Crippen LogP contribution in [0.3, 0.4) is 0 Å². The van der Waals surface area contributed by atoms with Gasteiger partial charge in [0.05, 0.1) is 11.5 Å². The van der Waals surface area contributed by atoms with E-state index in [-0.39, 0.29) is 0 Å². The Kier molecular flexibility index (Phi) is 5.07. The molecule has 19 heavy (non-hydrogen) atoms. The Bertz CT molecular complexity index is 400. The Morgan fingerprint density at radius 1 is 1.16 bits per heavy atom. The lowest BCUT2D eigenvalue weighted by Crippen LogP contribution is -2.38. The van der Waals surface area contributed by atoms with Crippen LogP contribution in [0.5, 0.6) is 0 Å². The van der Waals surface area contributed by atoms with E-state index in [9.17, 15) is 8.42 Å². The van der Waals surface area contributed by atoms with Gasteiger partial charge in [0, 0.05) is 12.6 Å². The molecule has 2 rings (SSSR count). The lowest BCUT2D eigenvalue weighted by molar-refractivity contribution is 0.441. The maximum absolute atomic E-state index is 11.3. The van der Waals surface area contributed by atoms with E-state index in [2.05, 4.69) is 10.3 Å². The Labute approximate surface area is 116 Å². The summed E-state index contributed by atoms with van der Waals surface area (Å²) < 4.78 is 22.6. The molecule has 0 bridgehead atoms. The molecule has 1 saturated heterocycles. The molecule has 0 radical (unpaired) electrons. The highest BCUT2D eigenvalue weighted by molar-refractivity contribution is 7.91. The van der Waals surface area contributed by atoms with Gasteiger partial charge in [0.1, 0.15) is 9.84 Å². The van der Waals surface area contributed by atoms with Gasteiger partial charge in [-0.3, -0.25) is 4.99 Å². The minimum atomic E-state index is -2.75. The van der Waals surface area contributed by atoms with Crippen molar-refractivity contribution in [1.82, 2.24) is 5.32 Å². The molecule has 6 heteroatoms. The fraction of sp³-hybridized carbons (Fsp3) is 0.923. The fourth-order valence-electron chi connectivity index (χ4n) is 2.92. The average Bonchev–Trinajstić information content (AvgIpc) is 2.84. The van der Waals surface area contributed by atoms with Gasteiger partial charge >= 0.3 is 0 Å². The first-order valence-corrected chi connectivity index (χ1v) is 9.14. The minimum Gasteiger partial charge on any atom is -0.370 e. The normalized spacial score (nSPS) is 25.6. The summed E-state index contributed by atoms with van der Waals surface area (Å²) in [6, 6.07) is 0.503. The number of nitrogens with one attached hydrogen (secondary N) is 1. The second-order valence-corrected chi connectivity index (χ2v) is 8.08. The van der Waals surface area contributed by atoms with Gasteiger partial charge in [0.2, 0.25) is 0 Å². The standard InChI is InChI=1S/C13H25N3O2S/c14-13(16-12-3-1-2-4-12)15-8-5-11-6-9-19(17,18)10-7-11/h11-12H,1-10H2,(H3,14,15,16). The van der Waals surface area contributed by atoms with Crippen LogP contribution < -0.4 is 11.1 Å². The number of nitrogens with zero attached hydrogens (tertiary/aromatic N) is 1. The molecule has 0 aromatic heterocycles. The van der Waals surface area contributed by atoms with Crippen LogP contribution >= 0.6 is 0 Å². The number of guanidine groups is 1. The quantitative estimate of drug-likeness (QED) is 0.598. The average molecular weight is 287 g/mol. The molecule has 0 aromatic carbocycles. The van der Waals surface area contributed by atoms with E-state index in [0.717, 1.165) is 19.3 Å². The van der Waals surface area contributed by atoms with Gasteiger partial charge < -0.3 is 11.1 Å². The van der Waals surface area contributed by atoms with Gasteiger partial charge in [0.15, 0.2) is 5.96 Å². The molecule has 1 aliphatic carbocycles. The highest BCUT2D eigenvalue weighted by Crippen LogP contribution is 2.21. The molecule has 1 aliphatic heterocycles. The lowest BCUT2D eigenvalue weighted by atomic mass is 9.99. The maximum atomic E-state index is 11.3. The predicted octanol–water partition coefficient (Wildman–Crippen LogP) is 1.05. The van der Waals surface area contributed by atoms with Crippen LogP contribution in [0.4, 0.5) is 0 Å². The van der Waals surface area contributed by atoms with Gasteiger partial charge in [-0.15, -0.1) is 0 Å². The van der Waals surface area contributed by atoms with E-state index in [0.29, 0.717) is 36.0 Å². The number of aliphatic imine (C=N–C) groups is 1. The number of hydrogen-bond donors (Lipinski definition) is 2. The summed E-state index contributed by atoms with van der Waals surface area (Å²) in [4.78, 5) is 4.35. The zero-order valence-electron chi connectivity index (χ0n) is 11.5. The third kappa shape index (κ3) is 5.01. The van der Waals surface area contributed by atoms with E-state index in [1.54, 1.807) is 0 Å². The number of rotatable bonds is 4. The van der Waals surface area contributed by atoms with Gasteiger partial charge in [-0.2, -0.15) is 0 Å². The summed E-state index contributed by atoms with van der Waals surface area (Å²) in [6.45, 7) is 0.705. The van der Waals surface area contributed by atoms with Crippen LogP contribution in [0.15, 0.2) is 4.99 Å². The maximum Gasteiger partial charge on any atom is 0.188 e. The summed E-state index contributed by atoms with van der Waals surface area (Å²) in [5.74, 6) is 1.73. The number of nitrogens with two attached hydrogens (primary N) is 1. The summed E-state index contributed by atoms with van der Waals surface area (Å²) in [5, 5.41) is 3.26. The van der Waals surface area contributed by atoms with Crippen LogP contribution in [0.2, 0.25) is 0 Å². The van der Waals surface area contributed by atoms with Crippen molar-refractivity contribution < 1.29 is 8.42 Å². The first-order chi connectivity index (χ1) is 9.05. The van der Waals surface area contributed by atoms with Gasteiger partial charge in [-0.25, -0.2) is 8.42 Å². The summed E-state index contributed by atoms with van der Waals surface area (Å²) >= 11 is 0. The molecule has 1 heterocycles. The van der Waals surface area contributed by atoms with Crippen molar-refractivity contribution in [2.45, 2.75) is 51.0 Å². The Hall–Kier alpha value is -0.780. The first kappa shape index (κ1) is 14.6. The van der Waals surface area contributed by atoms with Crippen molar-refractivity contribution in [3.63, 3.8) is 0 Å². The van der Waals surface area contributed by atoms with Gasteiger partial charge in [0.25, 0.3) is 0 Å². The fourth-order valence-corrected chi connectivity index (χ4v) is 4.51. The highest BCUT2D eigenvalue weighted by atomic mass is 32.2. The third-order valence-electron chi connectivity index (χ3n) is 4.20. The summed E-state index contributed by atoms with van der Waals surface area (Å²) in [5.41, 5.74) is 5.86. The van der Waals surface area contributed by atoms with Crippen molar-refractivity contribution in [3.05, 3.63) is 0 Å². The number of sulfone groups is 1. The molecule has 1 saturated carbocycles. The highest BCUT2D eigenvalue weighted by Gasteiger charge is 2.23. The van der Waals surface area contributed by atoms with E-state index in [4.69, 9.17) is 5.73 Å². The predicted molar refractivity (Wildman–Crippen MR) is 77.9 cm³/mol. The van der Waals surface area contributed by atoms with E-state index in [1.807, 2.05) is 0 Å². The molecule has 2 fully saturated rings. The molecule has 0 spiro atoms. The molecule has 0 amide bonds. The summed E-state index contributed by atoms with van der Waals surface area (Å²) in [7, 11) is -2.75. The number of hydrogen-bond acceptors (Lipinski definition) is 3. The molecule has 3 N–H and O–H groups in total. The van der Waals surface area contributed by atoms with E-state index < -0.39 is 9.84 Å². The van der Waals surface area contributed by atoms with Gasteiger partial charge in [-0.1, -0.05) is 12.8 Å². The smallest absolute Gasteiger partial charge is 0.188 e. The largest absolute Gasteiger partial charge is 0.370 e. The molecule has 0 unspecified atom stereocenters. The van der Waals surface area contributed by atoms with E-state index in [1.165, 1.54) is 25.7 Å². The topological polar surface area (TPSA) is 84.5 Å². The van der Waals surface area contributed by atoms with E-state index >= 15 is 0 Å². The zero-order chi connectivity index (χ0) is 13.7. The van der Waals surface area contributed by atoms with Crippen molar-refractivity contribution in [3.8, 4) is 0 Å². The van der Waals surface area contributed by atoms with Crippen molar-refractivity contribution >= 4 is 15.8 Å². The van der Waals surface area contributed by atoms with Crippen LogP contribution in [-0.4, -0.2) is 38.5 Å². The van der Waals surface area contributed by atoms with Crippen molar-refractivity contribution in [2.24, 2.45) is 16.6 Å². The molecule has 0 atom stereocenters. The van der Waals surface area contributed by atoms with Crippen molar-refractivity contribution in [2.75, 3.05) is 18.1 Å². The van der Waals surface area contributed by atoms with Crippen molar-refractivity contribution in [1.29, 1.82) is 0 Å². The lowest BCUT2D eigenvalue weighted by Gasteiger charge is -2.21. The van der Waals surface area contributed by atoms with Crippen LogP contribution in [-0.2, 0) is 9.84 Å². The molecular formula is C13H25N3O2S. The minimum absolute atomic E-state index is 0.344. The second-order valence-electron chi connectivity index (χ2n) is 5.78. The Balaban J connectivity index is 1.65. The van der Waals surface area contributed by atoms with Crippen LogP contribution in [0, 0.1) is 5.92 Å². The first-order valence-electron chi connectivity index (χ1n) is 7.32. The van der Waals surface area contributed by atoms with Gasteiger partial charge in [-0.05, 0) is 38.0 Å². The zero-order valence-corrected chi connectivity index (χ0v) is 12.3. The SMILES string of the molecule is NC(=NCCC1CCS(=O)(=O)CC1)NC1CCCC1. The monoisotopic (exact) mass is 287 g/mol. The molecule has 110 valence electrons. The second kappa shape index (κ2) is 6.59. The van der Waals surface area contributed by atoms with Crippen LogP contribution in [0.25, 0.3) is 0 Å². The molecular weight excluding hydrogens is 262 g/mol. The van der Waals surface area contributed by atoms with Crippen LogP contribution in [0.1, 0.15) is 44.9 Å². The third-order valence-corrected chi connectivity index (χ3v) is 5.92.